The van der Waals surface area contributed by atoms with Crippen LogP contribution in [0.5, 0.6) is 0 Å². The maximum Gasteiger partial charge on any atom is 0.339 e. The lowest BCUT2D eigenvalue weighted by molar-refractivity contribution is -0.138. The van der Waals surface area contributed by atoms with Crippen molar-refractivity contribution in [2.24, 2.45) is 0 Å². The molecule has 0 spiro atoms. The molecule has 4 aromatic rings. The van der Waals surface area contributed by atoms with Gasteiger partial charge in [0.05, 0.1) is 17.5 Å². The number of hydrogen-bond donors (Lipinski definition) is 2. The number of amides is 1. The number of aromatic amines is 1. The van der Waals surface area contributed by atoms with Gasteiger partial charge in [0.25, 0.3) is 5.91 Å². The van der Waals surface area contributed by atoms with Gasteiger partial charge in [-0.3, -0.25) is 15.0 Å². The minimum absolute atomic E-state index is 0.0871. The molecular formula is C25H18ClN3O5. The van der Waals surface area contributed by atoms with Gasteiger partial charge in [-0.25, -0.2) is 9.80 Å². The molecule has 1 atom stereocenters. The lowest BCUT2D eigenvalue weighted by Gasteiger charge is -2.23. The highest BCUT2D eigenvalue weighted by molar-refractivity contribution is 6.30. The van der Waals surface area contributed by atoms with Gasteiger partial charge < -0.3 is 14.1 Å². The highest BCUT2D eigenvalue weighted by Crippen LogP contribution is 2.32. The number of pyridine rings is 1. The predicted octanol–water partition coefficient (Wildman–Crippen LogP) is 4.06. The Morgan fingerprint density at radius 1 is 1.06 bits per heavy atom. The largest absolute Gasteiger partial charge is 0.467 e. The number of hydrogen-bond acceptors (Lipinski definition) is 6. The molecule has 34 heavy (non-hydrogen) atoms. The molecule has 8 nitrogen and oxygen atoms in total. The highest BCUT2D eigenvalue weighted by atomic mass is 35.5. The number of nitrogens with zero attached hydrogens (tertiary/aromatic N) is 1. The van der Waals surface area contributed by atoms with E-state index in [1.807, 2.05) is 18.2 Å². The van der Waals surface area contributed by atoms with Gasteiger partial charge in [0.1, 0.15) is 11.8 Å². The van der Waals surface area contributed by atoms with Gasteiger partial charge in [-0.05, 0) is 42.0 Å². The number of benzene rings is 2. The number of ether oxygens (including phenoxy) is 1. The van der Waals surface area contributed by atoms with Gasteiger partial charge >= 0.3 is 5.97 Å². The van der Waals surface area contributed by atoms with E-state index in [2.05, 4.69) is 10.4 Å². The summed E-state index contributed by atoms with van der Waals surface area (Å²) in [6.07, 6.45) is 3.36. The Bertz CT molecular complexity index is 1460. The zero-order valence-electron chi connectivity index (χ0n) is 17.7. The van der Waals surface area contributed by atoms with E-state index in [0.717, 1.165) is 11.6 Å². The number of fused-ring (bicyclic) bond motifs is 1. The normalized spacial score (nSPS) is 15.1. The minimum atomic E-state index is -0.768. The number of esters is 1. The number of carbonyl (C=O) groups excluding carboxylic acids is 2. The van der Waals surface area contributed by atoms with Crippen LogP contribution in [0.15, 0.2) is 88.3 Å². The summed E-state index contributed by atoms with van der Waals surface area (Å²) in [5.74, 6) is -0.726. The average Bonchev–Trinajstić information content (AvgIpc) is 3.52. The van der Waals surface area contributed by atoms with Crippen LogP contribution in [0.2, 0.25) is 5.02 Å². The highest BCUT2D eigenvalue weighted by Gasteiger charge is 2.33. The van der Waals surface area contributed by atoms with Crippen molar-refractivity contribution in [3.05, 3.63) is 111 Å². The van der Waals surface area contributed by atoms with Gasteiger partial charge in [0.2, 0.25) is 5.56 Å². The zero-order chi connectivity index (χ0) is 23.7. The van der Waals surface area contributed by atoms with Crippen LogP contribution in [0.3, 0.4) is 0 Å². The number of hydrazine groups is 1. The summed E-state index contributed by atoms with van der Waals surface area (Å²) in [7, 11) is 0. The Balaban J connectivity index is 1.35. The fraction of sp³-hybridized carbons (Fsp3) is 0.0800. The second kappa shape index (κ2) is 8.92. The van der Waals surface area contributed by atoms with Crippen LogP contribution in [0.25, 0.3) is 16.6 Å². The van der Waals surface area contributed by atoms with Crippen molar-refractivity contribution in [3.8, 4) is 0 Å². The second-order valence-corrected chi connectivity index (χ2v) is 8.03. The van der Waals surface area contributed by atoms with Crippen molar-refractivity contribution in [2.75, 3.05) is 6.61 Å². The molecule has 9 heteroatoms. The molecule has 170 valence electrons. The van der Waals surface area contributed by atoms with Crippen LogP contribution < -0.4 is 11.0 Å². The Hall–Kier alpha value is -4.30. The SMILES string of the molecule is O=C(OCC(=O)N1NC(c2ccc(Cl)cc2)=C[C@@H]1c1ccco1)c1cc(=O)[nH]c2ccccc12. The summed E-state index contributed by atoms with van der Waals surface area (Å²) in [6.45, 7) is -0.536. The number of halogens is 1. The minimum Gasteiger partial charge on any atom is -0.467 e. The third-order valence-electron chi connectivity index (χ3n) is 5.40. The van der Waals surface area contributed by atoms with Gasteiger partial charge in [-0.2, -0.15) is 0 Å². The van der Waals surface area contributed by atoms with Gasteiger partial charge in [0.15, 0.2) is 6.61 Å². The summed E-state index contributed by atoms with van der Waals surface area (Å²) < 4.78 is 10.8. The quantitative estimate of drug-likeness (QED) is 0.422. The van der Waals surface area contributed by atoms with Crippen molar-refractivity contribution < 1.29 is 18.7 Å². The number of carbonyl (C=O) groups is 2. The first-order valence-electron chi connectivity index (χ1n) is 10.4. The van der Waals surface area contributed by atoms with Crippen LogP contribution in [0, 0.1) is 0 Å². The Kier molecular flexibility index (Phi) is 5.65. The standard InChI is InChI=1S/C25H18ClN3O5/c26-16-9-7-15(8-10-16)20-13-21(22-6-3-11-33-22)29(28-20)24(31)14-34-25(32)18-12-23(30)27-19-5-2-1-4-17(18)19/h1-13,21,28H,14H2,(H,27,30)/t21-/m1/s1. The molecule has 0 saturated carbocycles. The third-order valence-corrected chi connectivity index (χ3v) is 5.65. The van der Waals surface area contributed by atoms with Crippen molar-refractivity contribution in [3.63, 3.8) is 0 Å². The van der Waals surface area contributed by atoms with E-state index in [0.29, 0.717) is 27.4 Å². The molecule has 0 radical (unpaired) electrons. The molecule has 0 unspecified atom stereocenters. The molecule has 2 aromatic carbocycles. The molecule has 0 saturated heterocycles. The summed E-state index contributed by atoms with van der Waals surface area (Å²) in [4.78, 5) is 40.4. The molecule has 2 N–H and O–H groups in total. The van der Waals surface area contributed by atoms with E-state index < -0.39 is 30.1 Å². The van der Waals surface area contributed by atoms with Crippen LogP contribution in [-0.2, 0) is 9.53 Å². The van der Waals surface area contributed by atoms with E-state index in [1.54, 1.807) is 48.5 Å². The first-order valence-corrected chi connectivity index (χ1v) is 10.8. The molecule has 1 amide bonds. The molecule has 0 bridgehead atoms. The number of para-hydroxylation sites is 1. The van der Waals surface area contributed by atoms with E-state index in [-0.39, 0.29) is 5.56 Å². The van der Waals surface area contributed by atoms with Gasteiger partial charge in [-0.1, -0.05) is 41.9 Å². The fourth-order valence-corrected chi connectivity index (χ4v) is 3.92. The summed E-state index contributed by atoms with van der Waals surface area (Å²) in [6, 6.07) is 18.1. The summed E-state index contributed by atoms with van der Waals surface area (Å²) in [5, 5.41) is 2.46. The monoisotopic (exact) mass is 475 g/mol. The summed E-state index contributed by atoms with van der Waals surface area (Å²) >= 11 is 5.99. The lowest BCUT2D eigenvalue weighted by Crippen LogP contribution is -2.42. The molecule has 0 aliphatic carbocycles. The van der Waals surface area contributed by atoms with Crippen LogP contribution in [0.4, 0.5) is 0 Å². The first kappa shape index (κ1) is 21.5. The molecular weight excluding hydrogens is 458 g/mol. The van der Waals surface area contributed by atoms with Crippen molar-refractivity contribution >= 4 is 40.1 Å². The predicted molar refractivity (Wildman–Crippen MR) is 126 cm³/mol. The number of rotatable bonds is 5. The molecule has 2 aromatic heterocycles. The van der Waals surface area contributed by atoms with E-state index >= 15 is 0 Å². The Labute approximate surface area is 198 Å². The maximum absolute atomic E-state index is 13.1. The van der Waals surface area contributed by atoms with Crippen molar-refractivity contribution in [1.82, 2.24) is 15.4 Å². The Morgan fingerprint density at radius 2 is 1.85 bits per heavy atom. The van der Waals surface area contributed by atoms with Crippen LogP contribution in [0.1, 0.15) is 27.7 Å². The van der Waals surface area contributed by atoms with Crippen molar-refractivity contribution in [2.45, 2.75) is 6.04 Å². The topological polar surface area (TPSA) is 105 Å². The maximum atomic E-state index is 13.1. The third kappa shape index (κ3) is 4.18. The second-order valence-electron chi connectivity index (χ2n) is 7.59. The number of furan rings is 1. The molecule has 1 aliphatic rings. The number of aromatic nitrogens is 1. The summed E-state index contributed by atoms with van der Waals surface area (Å²) in [5.41, 5.74) is 4.72. The van der Waals surface area contributed by atoms with Gasteiger partial charge in [0, 0.05) is 22.0 Å². The fourth-order valence-electron chi connectivity index (χ4n) is 3.79. The lowest BCUT2D eigenvalue weighted by atomic mass is 10.1. The molecule has 3 heterocycles. The molecule has 5 rings (SSSR count). The van der Waals surface area contributed by atoms with Gasteiger partial charge in [-0.15, -0.1) is 0 Å². The molecule has 1 aliphatic heterocycles. The molecule has 0 fully saturated rings. The van der Waals surface area contributed by atoms with E-state index in [4.69, 9.17) is 20.8 Å². The van der Waals surface area contributed by atoms with Crippen LogP contribution >= 0.6 is 11.6 Å². The first-order chi connectivity index (χ1) is 16.5. The number of nitrogens with one attached hydrogen (secondary N) is 2. The zero-order valence-corrected chi connectivity index (χ0v) is 18.4. The van der Waals surface area contributed by atoms with E-state index in [1.165, 1.54) is 11.3 Å². The van der Waals surface area contributed by atoms with Crippen LogP contribution in [-0.4, -0.2) is 28.5 Å². The average molecular weight is 476 g/mol. The van der Waals surface area contributed by atoms with E-state index in [9.17, 15) is 14.4 Å². The Morgan fingerprint density at radius 3 is 2.62 bits per heavy atom. The van der Waals surface area contributed by atoms with Crippen molar-refractivity contribution in [1.29, 1.82) is 0 Å². The number of H-pyrrole nitrogens is 1. The smallest absolute Gasteiger partial charge is 0.339 e.